The molecule has 8 heteroatoms. The number of carbonyl (C=O) groups excluding carboxylic acids is 2. The molecule has 0 saturated carbocycles. The van der Waals surface area contributed by atoms with Gasteiger partial charge < -0.3 is 15.0 Å². The quantitative estimate of drug-likeness (QED) is 0.665. The third kappa shape index (κ3) is 5.77. The lowest BCUT2D eigenvalue weighted by molar-refractivity contribution is -0.125. The monoisotopic (exact) mass is 416 g/mol. The van der Waals surface area contributed by atoms with Crippen molar-refractivity contribution in [2.24, 2.45) is 0 Å². The van der Waals surface area contributed by atoms with Gasteiger partial charge in [0.1, 0.15) is 5.82 Å². The summed E-state index contributed by atoms with van der Waals surface area (Å²) in [7, 11) is 0. The van der Waals surface area contributed by atoms with E-state index in [1.54, 1.807) is 30.5 Å². The van der Waals surface area contributed by atoms with Crippen molar-refractivity contribution in [3.63, 3.8) is 0 Å². The van der Waals surface area contributed by atoms with Gasteiger partial charge in [0.15, 0.2) is 0 Å². The molecule has 1 aliphatic heterocycles. The van der Waals surface area contributed by atoms with Crippen molar-refractivity contribution < 1.29 is 14.3 Å². The van der Waals surface area contributed by atoms with Gasteiger partial charge in [0.05, 0.1) is 18.2 Å². The Bertz CT molecular complexity index is 787. The van der Waals surface area contributed by atoms with Gasteiger partial charge in [0.2, 0.25) is 5.91 Å². The molecule has 0 spiro atoms. The highest BCUT2D eigenvalue weighted by Gasteiger charge is 2.26. The molecule has 29 heavy (non-hydrogen) atoms. The number of pyridine rings is 1. The number of nitrogens with zero attached hydrogens (tertiary/aromatic N) is 3. The molecule has 7 nitrogen and oxygen atoms in total. The number of rotatable bonds is 8. The number of piperazine rings is 1. The maximum Gasteiger partial charge on any atom is 0.339 e. The smallest absolute Gasteiger partial charge is 0.339 e. The summed E-state index contributed by atoms with van der Waals surface area (Å²) in [5, 5.41) is 5.10. The number of esters is 1. The van der Waals surface area contributed by atoms with E-state index in [-0.39, 0.29) is 17.9 Å². The Morgan fingerprint density at radius 1 is 1.24 bits per heavy atom. The zero-order chi connectivity index (χ0) is 20.6. The van der Waals surface area contributed by atoms with Crippen LogP contribution in [-0.4, -0.2) is 67.1 Å². The molecule has 1 amide bonds. The maximum atomic E-state index is 12.5. The Hall–Kier alpha value is -2.45. The van der Waals surface area contributed by atoms with E-state index in [1.165, 1.54) is 4.88 Å². The summed E-state index contributed by atoms with van der Waals surface area (Å²) in [6.07, 6.45) is 2.43. The molecule has 3 heterocycles. The lowest BCUT2D eigenvalue weighted by atomic mass is 10.2. The van der Waals surface area contributed by atoms with Gasteiger partial charge in [0, 0.05) is 43.8 Å². The zero-order valence-electron chi connectivity index (χ0n) is 17.0. The van der Waals surface area contributed by atoms with E-state index in [2.05, 4.69) is 31.5 Å². The molecule has 0 aliphatic carbocycles. The van der Waals surface area contributed by atoms with Crippen LogP contribution >= 0.6 is 11.3 Å². The molecule has 156 valence electrons. The Kier molecular flexibility index (Phi) is 7.60. The molecule has 0 bridgehead atoms. The summed E-state index contributed by atoms with van der Waals surface area (Å²) in [4.78, 5) is 34.3. The van der Waals surface area contributed by atoms with Gasteiger partial charge in [-0.25, -0.2) is 9.78 Å². The van der Waals surface area contributed by atoms with E-state index in [0.717, 1.165) is 38.4 Å². The Morgan fingerprint density at radius 2 is 2.03 bits per heavy atom. The van der Waals surface area contributed by atoms with Crippen LogP contribution in [0.15, 0.2) is 35.8 Å². The Balaban J connectivity index is 1.44. The van der Waals surface area contributed by atoms with Gasteiger partial charge in [-0.2, -0.15) is 0 Å². The fourth-order valence-corrected chi connectivity index (χ4v) is 4.03. The number of hydrogen-bond donors (Lipinski definition) is 1. The van der Waals surface area contributed by atoms with E-state index >= 15 is 0 Å². The number of carbonyl (C=O) groups is 2. The molecule has 1 N–H and O–H groups in total. The number of ether oxygens (including phenoxy) is 1. The minimum absolute atomic E-state index is 0.0759. The second-order valence-electron chi connectivity index (χ2n) is 6.94. The summed E-state index contributed by atoms with van der Waals surface area (Å²) >= 11 is 1.72. The second kappa shape index (κ2) is 10.4. The van der Waals surface area contributed by atoms with Crippen LogP contribution in [0, 0.1) is 0 Å². The highest BCUT2D eigenvalue weighted by molar-refractivity contribution is 7.09. The van der Waals surface area contributed by atoms with Crippen LogP contribution in [0.2, 0.25) is 0 Å². The topological polar surface area (TPSA) is 74.8 Å². The second-order valence-corrected chi connectivity index (χ2v) is 7.98. The van der Waals surface area contributed by atoms with Crippen LogP contribution in [0.5, 0.6) is 0 Å². The molecule has 2 aromatic heterocycles. The van der Waals surface area contributed by atoms with Gasteiger partial charge in [0.25, 0.3) is 0 Å². The van der Waals surface area contributed by atoms with Gasteiger partial charge in [-0.05, 0) is 43.8 Å². The van der Waals surface area contributed by atoms with Crippen LogP contribution in [-0.2, 0) is 16.0 Å². The Morgan fingerprint density at radius 3 is 2.66 bits per heavy atom. The lowest BCUT2D eigenvalue weighted by Gasteiger charge is -2.38. The number of aromatic nitrogens is 1. The standard InChI is InChI=1S/C21H28N4O3S/c1-3-28-21(27)17-6-7-19(23-15-17)25-12-10-24(11-13-25)16(2)20(26)22-9-8-18-5-4-14-29-18/h4-7,14-16H,3,8-13H2,1-2H3,(H,22,26). The van der Waals surface area contributed by atoms with Crippen molar-refractivity contribution in [2.45, 2.75) is 26.3 Å². The fourth-order valence-electron chi connectivity index (χ4n) is 3.32. The molecule has 1 saturated heterocycles. The van der Waals surface area contributed by atoms with Crippen molar-refractivity contribution in [2.75, 3.05) is 44.2 Å². The van der Waals surface area contributed by atoms with Gasteiger partial charge in [-0.15, -0.1) is 11.3 Å². The fraction of sp³-hybridized carbons (Fsp3) is 0.476. The van der Waals surface area contributed by atoms with E-state index in [9.17, 15) is 9.59 Å². The summed E-state index contributed by atoms with van der Waals surface area (Å²) in [6.45, 7) is 7.92. The number of nitrogens with one attached hydrogen (secondary N) is 1. The third-order valence-corrected chi connectivity index (χ3v) is 6.01. The van der Waals surface area contributed by atoms with Gasteiger partial charge in [-0.1, -0.05) is 6.07 Å². The molecular weight excluding hydrogens is 388 g/mol. The Labute approximate surface area is 175 Å². The van der Waals surface area contributed by atoms with E-state index in [0.29, 0.717) is 18.7 Å². The van der Waals surface area contributed by atoms with Crippen molar-refractivity contribution in [1.29, 1.82) is 0 Å². The summed E-state index contributed by atoms with van der Waals surface area (Å²) in [5.41, 5.74) is 0.460. The first kappa shape index (κ1) is 21.3. The molecular formula is C21H28N4O3S. The van der Waals surface area contributed by atoms with Crippen LogP contribution in [0.4, 0.5) is 5.82 Å². The van der Waals surface area contributed by atoms with Crippen LogP contribution in [0.1, 0.15) is 29.1 Å². The molecule has 3 rings (SSSR count). The normalized spacial score (nSPS) is 15.7. The van der Waals surface area contributed by atoms with E-state index in [4.69, 9.17) is 4.74 Å². The number of thiophene rings is 1. The lowest BCUT2D eigenvalue weighted by Crippen LogP contribution is -2.54. The molecule has 1 aliphatic rings. The molecule has 0 aromatic carbocycles. The highest BCUT2D eigenvalue weighted by Crippen LogP contribution is 2.16. The van der Waals surface area contributed by atoms with E-state index in [1.807, 2.05) is 19.1 Å². The predicted octanol–water partition coefficient (Wildman–Crippen LogP) is 2.19. The zero-order valence-corrected chi connectivity index (χ0v) is 17.8. The van der Waals surface area contributed by atoms with Gasteiger partial charge in [-0.3, -0.25) is 9.69 Å². The van der Waals surface area contributed by atoms with Crippen molar-refractivity contribution >= 4 is 29.0 Å². The summed E-state index contributed by atoms with van der Waals surface area (Å²) in [5.74, 6) is 0.563. The SMILES string of the molecule is CCOC(=O)c1ccc(N2CCN(C(C)C(=O)NCCc3cccs3)CC2)nc1. The first-order valence-corrected chi connectivity index (χ1v) is 10.9. The van der Waals surface area contributed by atoms with Crippen molar-refractivity contribution in [3.8, 4) is 0 Å². The third-order valence-electron chi connectivity index (χ3n) is 5.08. The predicted molar refractivity (Wildman–Crippen MR) is 114 cm³/mol. The number of hydrogen-bond acceptors (Lipinski definition) is 7. The minimum Gasteiger partial charge on any atom is -0.462 e. The number of anilines is 1. The average Bonchev–Trinajstić information content (AvgIpc) is 3.27. The first-order valence-electron chi connectivity index (χ1n) is 10.0. The van der Waals surface area contributed by atoms with Crippen LogP contribution in [0.3, 0.4) is 0 Å². The van der Waals surface area contributed by atoms with Crippen LogP contribution in [0.25, 0.3) is 0 Å². The summed E-state index contributed by atoms with van der Waals surface area (Å²) in [6, 6.07) is 7.56. The minimum atomic E-state index is -0.352. The molecule has 1 unspecified atom stereocenters. The first-order chi connectivity index (χ1) is 14.1. The van der Waals surface area contributed by atoms with E-state index < -0.39 is 0 Å². The van der Waals surface area contributed by atoms with Crippen LogP contribution < -0.4 is 10.2 Å². The molecule has 2 aromatic rings. The van der Waals surface area contributed by atoms with Gasteiger partial charge >= 0.3 is 5.97 Å². The maximum absolute atomic E-state index is 12.5. The summed E-state index contributed by atoms with van der Waals surface area (Å²) < 4.78 is 4.99. The largest absolute Gasteiger partial charge is 0.462 e. The molecule has 1 atom stereocenters. The van der Waals surface area contributed by atoms with Crippen molar-refractivity contribution in [3.05, 3.63) is 46.3 Å². The molecule has 1 fully saturated rings. The molecule has 0 radical (unpaired) electrons. The highest BCUT2D eigenvalue weighted by atomic mass is 32.1. The average molecular weight is 417 g/mol. The number of amides is 1. The van der Waals surface area contributed by atoms with Crippen molar-refractivity contribution in [1.82, 2.24) is 15.2 Å².